The number of rotatable bonds is 4. The molecule has 0 aliphatic carbocycles. The van der Waals surface area contributed by atoms with Crippen LogP contribution in [0, 0.1) is 0 Å². The summed E-state index contributed by atoms with van der Waals surface area (Å²) in [5, 5.41) is 10.6. The van der Waals surface area contributed by atoms with Gasteiger partial charge in [-0.3, -0.25) is 4.79 Å². The minimum atomic E-state index is -1.01. The van der Waals surface area contributed by atoms with E-state index in [1.54, 1.807) is 46.2 Å². The first-order chi connectivity index (χ1) is 10.3. The van der Waals surface area contributed by atoms with Crippen LogP contribution in [0.4, 0.5) is 0 Å². The molecule has 0 unspecified atom stereocenters. The van der Waals surface area contributed by atoms with Crippen LogP contribution < -0.4 is 15.0 Å². The number of methoxy groups -OCH3 is 2. The molecule has 5 nitrogen and oxygen atoms in total. The summed E-state index contributed by atoms with van der Waals surface area (Å²) >= 11 is 0. The second-order valence-corrected chi connectivity index (χ2v) is 5.65. The Kier molecular flexibility index (Phi) is 4.28. The quantitative estimate of drug-likeness (QED) is 0.942. The summed E-state index contributed by atoms with van der Waals surface area (Å²) in [7, 11) is 4.77. The third kappa shape index (κ3) is 2.85. The van der Waals surface area contributed by atoms with Crippen molar-refractivity contribution < 1.29 is 14.6 Å². The fraction of sp³-hybridized carbons (Fsp3) is 0.353. The van der Waals surface area contributed by atoms with E-state index in [2.05, 4.69) is 0 Å². The van der Waals surface area contributed by atoms with Gasteiger partial charge in [0.2, 0.25) is 0 Å². The molecule has 5 heteroatoms. The van der Waals surface area contributed by atoms with Gasteiger partial charge in [0.1, 0.15) is 11.5 Å². The Morgan fingerprint density at radius 1 is 1.23 bits per heavy atom. The van der Waals surface area contributed by atoms with E-state index in [4.69, 9.17) is 9.47 Å². The average molecular weight is 303 g/mol. The zero-order valence-corrected chi connectivity index (χ0v) is 13.5. The predicted octanol–water partition coefficient (Wildman–Crippen LogP) is 2.34. The highest BCUT2D eigenvalue weighted by Crippen LogP contribution is 2.33. The first-order valence-electron chi connectivity index (χ1n) is 6.95. The minimum absolute atomic E-state index is 0.214. The molecule has 0 fully saturated rings. The van der Waals surface area contributed by atoms with Gasteiger partial charge in [0.15, 0.2) is 0 Å². The van der Waals surface area contributed by atoms with Crippen molar-refractivity contribution >= 4 is 17.0 Å². The van der Waals surface area contributed by atoms with Gasteiger partial charge in [-0.2, -0.15) is 0 Å². The van der Waals surface area contributed by atoms with Crippen molar-refractivity contribution in [3.05, 3.63) is 40.2 Å². The molecule has 2 aromatic rings. The summed E-state index contributed by atoms with van der Waals surface area (Å²) in [5.74, 6) is 1.07. The zero-order chi connectivity index (χ0) is 16.5. The number of aliphatic hydroxyl groups is 1. The molecule has 1 N–H and O–H groups in total. The number of ether oxygens (including phenoxy) is 2. The van der Waals surface area contributed by atoms with Gasteiger partial charge in [0.05, 0.1) is 30.9 Å². The van der Waals surface area contributed by atoms with Crippen LogP contribution in [-0.4, -0.2) is 29.5 Å². The molecule has 2 rings (SSSR count). The lowest BCUT2D eigenvalue weighted by Gasteiger charge is -2.16. The van der Waals surface area contributed by atoms with Gasteiger partial charge in [-0.15, -0.1) is 0 Å². The zero-order valence-electron chi connectivity index (χ0n) is 13.5. The largest absolute Gasteiger partial charge is 0.495 e. The number of aryl methyl sites for hydroxylation is 1. The number of nitrogens with zero attached hydrogens (tertiary/aromatic N) is 1. The van der Waals surface area contributed by atoms with E-state index in [0.717, 1.165) is 5.39 Å². The first-order valence-corrected chi connectivity index (χ1v) is 6.95. The molecule has 0 aliphatic rings. The molecule has 0 saturated heterocycles. The van der Waals surface area contributed by atoms with Crippen molar-refractivity contribution in [2.45, 2.75) is 19.4 Å². The van der Waals surface area contributed by atoms with Crippen molar-refractivity contribution in [3.8, 4) is 11.5 Å². The van der Waals surface area contributed by atoms with Gasteiger partial charge in [-0.1, -0.05) is 12.1 Å². The van der Waals surface area contributed by atoms with Crippen LogP contribution >= 0.6 is 0 Å². The van der Waals surface area contributed by atoms with Crippen LogP contribution in [0.3, 0.4) is 0 Å². The highest BCUT2D eigenvalue weighted by molar-refractivity contribution is 5.93. The maximum absolute atomic E-state index is 12.6. The Morgan fingerprint density at radius 3 is 2.45 bits per heavy atom. The van der Waals surface area contributed by atoms with E-state index in [1.807, 2.05) is 12.1 Å². The van der Waals surface area contributed by atoms with E-state index in [1.165, 1.54) is 11.7 Å². The SMILES string of the molecule is COc1c(C=CC(C)(C)O)c(=O)n(C)c2c(OC)cccc12. The number of pyridine rings is 1. The molecule has 0 amide bonds. The average Bonchev–Trinajstić information content (AvgIpc) is 2.47. The maximum Gasteiger partial charge on any atom is 0.261 e. The monoisotopic (exact) mass is 303 g/mol. The van der Waals surface area contributed by atoms with Gasteiger partial charge in [-0.05, 0) is 32.1 Å². The Balaban J connectivity index is 2.88. The van der Waals surface area contributed by atoms with E-state index < -0.39 is 5.60 Å². The van der Waals surface area contributed by atoms with Gasteiger partial charge in [0.25, 0.3) is 5.56 Å². The molecular formula is C17H21NO4. The van der Waals surface area contributed by atoms with Crippen molar-refractivity contribution in [1.82, 2.24) is 4.57 Å². The van der Waals surface area contributed by atoms with Crippen LogP contribution in [0.1, 0.15) is 19.4 Å². The molecule has 1 heterocycles. The molecular weight excluding hydrogens is 282 g/mol. The second-order valence-electron chi connectivity index (χ2n) is 5.65. The van der Waals surface area contributed by atoms with Crippen molar-refractivity contribution in [1.29, 1.82) is 0 Å². The number of hydrogen-bond donors (Lipinski definition) is 1. The normalized spacial score (nSPS) is 12.1. The van der Waals surface area contributed by atoms with Gasteiger partial charge in [0, 0.05) is 12.4 Å². The Morgan fingerprint density at radius 2 is 1.91 bits per heavy atom. The molecule has 0 spiro atoms. The molecule has 118 valence electrons. The molecule has 1 aromatic carbocycles. The third-order valence-electron chi connectivity index (χ3n) is 3.44. The second kappa shape index (κ2) is 5.85. The van der Waals surface area contributed by atoms with E-state index >= 15 is 0 Å². The summed E-state index contributed by atoms with van der Waals surface area (Å²) in [6.07, 6.45) is 3.17. The number of hydrogen-bond acceptors (Lipinski definition) is 4. The molecule has 1 aromatic heterocycles. The Labute approximate surface area is 129 Å². The molecule has 0 saturated carbocycles. The lowest BCUT2D eigenvalue weighted by Crippen LogP contribution is -2.22. The first kappa shape index (κ1) is 16.1. The van der Waals surface area contributed by atoms with Crippen LogP contribution in [0.5, 0.6) is 11.5 Å². The molecule has 22 heavy (non-hydrogen) atoms. The van der Waals surface area contributed by atoms with Crippen molar-refractivity contribution in [2.75, 3.05) is 14.2 Å². The summed E-state index contributed by atoms with van der Waals surface area (Å²) in [5.41, 5.74) is -0.159. The van der Waals surface area contributed by atoms with Crippen molar-refractivity contribution in [3.63, 3.8) is 0 Å². The highest BCUT2D eigenvalue weighted by atomic mass is 16.5. The molecule has 0 atom stereocenters. The highest BCUT2D eigenvalue weighted by Gasteiger charge is 2.17. The topological polar surface area (TPSA) is 60.7 Å². The maximum atomic E-state index is 12.6. The molecule has 0 bridgehead atoms. The summed E-state index contributed by atoms with van der Waals surface area (Å²) < 4.78 is 12.3. The van der Waals surface area contributed by atoms with E-state index in [0.29, 0.717) is 22.6 Å². The Bertz CT molecular complexity index is 782. The van der Waals surface area contributed by atoms with Crippen LogP contribution in [-0.2, 0) is 7.05 Å². The molecule has 0 radical (unpaired) electrons. The number of para-hydroxylation sites is 1. The third-order valence-corrected chi connectivity index (χ3v) is 3.44. The number of benzene rings is 1. The lowest BCUT2D eigenvalue weighted by atomic mass is 10.1. The smallest absolute Gasteiger partial charge is 0.261 e. The Hall–Kier alpha value is -2.27. The summed E-state index contributed by atoms with van der Waals surface area (Å²) in [4.78, 5) is 12.6. The summed E-state index contributed by atoms with van der Waals surface area (Å²) in [6, 6.07) is 5.52. The number of aromatic nitrogens is 1. The number of fused-ring (bicyclic) bond motifs is 1. The van der Waals surface area contributed by atoms with Crippen LogP contribution in [0.15, 0.2) is 29.1 Å². The predicted molar refractivity (Wildman–Crippen MR) is 87.6 cm³/mol. The fourth-order valence-electron chi connectivity index (χ4n) is 2.39. The minimum Gasteiger partial charge on any atom is -0.495 e. The van der Waals surface area contributed by atoms with Gasteiger partial charge in [-0.25, -0.2) is 0 Å². The van der Waals surface area contributed by atoms with Gasteiger partial charge >= 0.3 is 0 Å². The van der Waals surface area contributed by atoms with E-state index in [9.17, 15) is 9.90 Å². The standard InChI is InChI=1S/C17H21NO4/c1-17(2,20)10-9-12-15(22-5)11-7-6-8-13(21-4)14(11)18(3)16(12)19/h6-10,20H,1-5H3. The lowest BCUT2D eigenvalue weighted by molar-refractivity contribution is 0.134. The van der Waals surface area contributed by atoms with E-state index in [-0.39, 0.29) is 5.56 Å². The van der Waals surface area contributed by atoms with Gasteiger partial charge < -0.3 is 19.1 Å². The summed E-state index contributed by atoms with van der Waals surface area (Å²) in [6.45, 7) is 3.29. The van der Waals surface area contributed by atoms with Crippen molar-refractivity contribution in [2.24, 2.45) is 7.05 Å². The fourth-order valence-corrected chi connectivity index (χ4v) is 2.39. The van der Waals surface area contributed by atoms with Crippen LogP contribution in [0.2, 0.25) is 0 Å². The molecule has 0 aliphatic heterocycles. The van der Waals surface area contributed by atoms with Crippen LogP contribution in [0.25, 0.3) is 17.0 Å².